The van der Waals surface area contributed by atoms with Crippen molar-refractivity contribution in [1.82, 2.24) is 25.1 Å². The van der Waals surface area contributed by atoms with Crippen molar-refractivity contribution in [2.75, 3.05) is 12.3 Å². The van der Waals surface area contributed by atoms with Crippen molar-refractivity contribution in [1.29, 1.82) is 0 Å². The van der Waals surface area contributed by atoms with Gasteiger partial charge in [-0.3, -0.25) is 14.3 Å². The highest BCUT2D eigenvalue weighted by molar-refractivity contribution is 7.99. The van der Waals surface area contributed by atoms with E-state index in [4.69, 9.17) is 0 Å². The van der Waals surface area contributed by atoms with Crippen molar-refractivity contribution >= 4 is 17.7 Å². The van der Waals surface area contributed by atoms with E-state index in [1.54, 1.807) is 24.5 Å². The van der Waals surface area contributed by atoms with Gasteiger partial charge in [0.2, 0.25) is 5.91 Å². The fraction of sp³-hybridized carbons (Fsp3) is 0.167. The Morgan fingerprint density at radius 1 is 1.03 bits per heavy atom. The zero-order valence-corrected chi connectivity index (χ0v) is 18.3. The van der Waals surface area contributed by atoms with Gasteiger partial charge < -0.3 is 5.32 Å². The first-order valence-corrected chi connectivity index (χ1v) is 11.2. The van der Waals surface area contributed by atoms with Crippen LogP contribution in [0.25, 0.3) is 17.1 Å². The molecule has 1 atom stereocenters. The van der Waals surface area contributed by atoms with E-state index in [0.29, 0.717) is 23.2 Å². The highest BCUT2D eigenvalue weighted by atomic mass is 32.2. The summed E-state index contributed by atoms with van der Waals surface area (Å²) in [6.07, 6.45) is 3.35. The molecule has 2 heterocycles. The first kappa shape index (κ1) is 21.7. The van der Waals surface area contributed by atoms with Crippen molar-refractivity contribution in [2.24, 2.45) is 0 Å². The van der Waals surface area contributed by atoms with E-state index in [9.17, 15) is 9.18 Å². The van der Waals surface area contributed by atoms with E-state index in [-0.39, 0.29) is 23.4 Å². The normalized spacial score (nSPS) is 11.8. The molecule has 0 spiro atoms. The fourth-order valence-corrected chi connectivity index (χ4v) is 4.00. The summed E-state index contributed by atoms with van der Waals surface area (Å²) in [4.78, 5) is 16.5. The lowest BCUT2D eigenvalue weighted by molar-refractivity contribution is -0.118. The molecule has 0 saturated carbocycles. The number of halogens is 1. The summed E-state index contributed by atoms with van der Waals surface area (Å²) in [6, 6.07) is 19.8. The molecule has 0 aliphatic carbocycles. The smallest absolute Gasteiger partial charge is 0.230 e. The minimum Gasteiger partial charge on any atom is -0.355 e. The Labute approximate surface area is 189 Å². The maximum absolute atomic E-state index is 13.5. The summed E-state index contributed by atoms with van der Waals surface area (Å²) in [7, 11) is 0. The first-order chi connectivity index (χ1) is 15.6. The van der Waals surface area contributed by atoms with E-state index >= 15 is 0 Å². The molecule has 0 aliphatic rings. The van der Waals surface area contributed by atoms with Gasteiger partial charge in [0.1, 0.15) is 5.82 Å². The largest absolute Gasteiger partial charge is 0.355 e. The summed E-state index contributed by atoms with van der Waals surface area (Å²) < 4.78 is 15.3. The number of nitrogens with one attached hydrogen (secondary N) is 1. The molecule has 6 nitrogen and oxygen atoms in total. The van der Waals surface area contributed by atoms with E-state index in [1.165, 1.54) is 29.5 Å². The van der Waals surface area contributed by atoms with Gasteiger partial charge in [-0.25, -0.2) is 4.39 Å². The van der Waals surface area contributed by atoms with Crippen LogP contribution >= 0.6 is 11.8 Å². The Morgan fingerprint density at radius 3 is 2.47 bits per heavy atom. The second kappa shape index (κ2) is 10.2. The third kappa shape index (κ3) is 5.20. The van der Waals surface area contributed by atoms with E-state index in [2.05, 4.69) is 39.6 Å². The van der Waals surface area contributed by atoms with Crippen LogP contribution in [0.1, 0.15) is 18.4 Å². The molecule has 0 radical (unpaired) electrons. The molecule has 4 aromatic rings. The molecule has 32 heavy (non-hydrogen) atoms. The Kier molecular flexibility index (Phi) is 6.91. The predicted molar refractivity (Wildman–Crippen MR) is 123 cm³/mol. The minimum absolute atomic E-state index is 0.0862. The number of carbonyl (C=O) groups is 1. The zero-order valence-electron chi connectivity index (χ0n) is 17.5. The molecule has 0 fully saturated rings. The van der Waals surface area contributed by atoms with Crippen molar-refractivity contribution in [3.05, 3.63) is 90.5 Å². The maximum Gasteiger partial charge on any atom is 0.230 e. The molecule has 1 N–H and O–H groups in total. The number of amides is 1. The summed E-state index contributed by atoms with van der Waals surface area (Å²) in [5.41, 5.74) is 2.71. The topological polar surface area (TPSA) is 72.7 Å². The number of hydrogen-bond acceptors (Lipinski definition) is 5. The second-order valence-electron chi connectivity index (χ2n) is 7.26. The Bertz CT molecular complexity index is 1170. The third-order valence-electron chi connectivity index (χ3n) is 4.96. The highest BCUT2D eigenvalue weighted by Crippen LogP contribution is 2.27. The van der Waals surface area contributed by atoms with Crippen LogP contribution in [0.4, 0.5) is 4.39 Å². The highest BCUT2D eigenvalue weighted by Gasteiger charge is 2.17. The van der Waals surface area contributed by atoms with Gasteiger partial charge in [0.15, 0.2) is 11.0 Å². The predicted octanol–water partition coefficient (Wildman–Crippen LogP) is 4.48. The number of carbonyl (C=O) groups excluding carboxylic acids is 1. The van der Waals surface area contributed by atoms with Crippen LogP contribution in [0.15, 0.2) is 84.3 Å². The van der Waals surface area contributed by atoms with Crippen LogP contribution in [0.2, 0.25) is 0 Å². The fourth-order valence-electron chi connectivity index (χ4n) is 3.22. The van der Waals surface area contributed by atoms with Crippen molar-refractivity contribution in [3.63, 3.8) is 0 Å². The monoisotopic (exact) mass is 447 g/mol. The molecule has 4 rings (SSSR count). The van der Waals surface area contributed by atoms with Crippen LogP contribution in [0.5, 0.6) is 0 Å². The average molecular weight is 448 g/mol. The number of pyridine rings is 1. The Hall–Kier alpha value is -3.52. The molecule has 1 unspecified atom stereocenters. The molecule has 0 bridgehead atoms. The van der Waals surface area contributed by atoms with E-state index in [0.717, 1.165) is 5.56 Å². The lowest BCUT2D eigenvalue weighted by atomic mass is 10.0. The molecule has 0 aliphatic heterocycles. The Balaban J connectivity index is 1.48. The molecule has 0 saturated heterocycles. The van der Waals surface area contributed by atoms with Gasteiger partial charge in [0, 0.05) is 30.2 Å². The summed E-state index contributed by atoms with van der Waals surface area (Å²) in [5, 5.41) is 12.1. The first-order valence-electron chi connectivity index (χ1n) is 10.2. The summed E-state index contributed by atoms with van der Waals surface area (Å²) in [5.74, 6) is 0.591. The molecule has 2 aromatic heterocycles. The van der Waals surface area contributed by atoms with Crippen LogP contribution < -0.4 is 5.32 Å². The van der Waals surface area contributed by atoms with Crippen LogP contribution in [0, 0.1) is 5.82 Å². The summed E-state index contributed by atoms with van der Waals surface area (Å²) in [6.45, 7) is 2.63. The number of thioether (sulfide) groups is 1. The van der Waals surface area contributed by atoms with Crippen molar-refractivity contribution in [2.45, 2.75) is 18.0 Å². The maximum atomic E-state index is 13.5. The molecule has 2 aromatic carbocycles. The SMILES string of the molecule is CC(CNC(=O)CSc1nnc(-c2ccncc2)n1-c1ccc(F)cc1)c1ccccc1. The zero-order chi connectivity index (χ0) is 22.3. The number of benzene rings is 2. The van der Waals surface area contributed by atoms with E-state index < -0.39 is 0 Å². The third-order valence-corrected chi connectivity index (χ3v) is 5.89. The number of aromatic nitrogens is 4. The van der Waals surface area contributed by atoms with Crippen molar-refractivity contribution < 1.29 is 9.18 Å². The lowest BCUT2D eigenvalue weighted by Gasteiger charge is -2.13. The molecular weight excluding hydrogens is 425 g/mol. The van der Waals surface area contributed by atoms with Crippen LogP contribution in [-0.2, 0) is 4.79 Å². The quantitative estimate of drug-likeness (QED) is 0.403. The van der Waals surface area contributed by atoms with Gasteiger partial charge in [-0.2, -0.15) is 0 Å². The van der Waals surface area contributed by atoms with Crippen LogP contribution in [-0.4, -0.2) is 38.0 Å². The standard InChI is InChI=1S/C24H22FN5OS/c1-17(18-5-3-2-4-6-18)15-27-22(31)16-32-24-29-28-23(19-11-13-26-14-12-19)30(24)21-9-7-20(25)8-10-21/h2-14,17H,15-16H2,1H3,(H,27,31). The van der Waals surface area contributed by atoms with Crippen LogP contribution in [0.3, 0.4) is 0 Å². The lowest BCUT2D eigenvalue weighted by Crippen LogP contribution is -2.29. The van der Waals surface area contributed by atoms with Gasteiger partial charge in [-0.1, -0.05) is 49.0 Å². The molecule has 8 heteroatoms. The number of hydrogen-bond donors (Lipinski definition) is 1. The second-order valence-corrected chi connectivity index (χ2v) is 8.20. The van der Waals surface area contributed by atoms with Crippen molar-refractivity contribution in [3.8, 4) is 17.1 Å². The van der Waals surface area contributed by atoms with Gasteiger partial charge >= 0.3 is 0 Å². The van der Waals surface area contributed by atoms with Gasteiger partial charge in [0.25, 0.3) is 0 Å². The average Bonchev–Trinajstić information content (AvgIpc) is 3.27. The summed E-state index contributed by atoms with van der Waals surface area (Å²) >= 11 is 1.29. The molecule has 162 valence electrons. The van der Waals surface area contributed by atoms with E-state index in [1.807, 2.05) is 34.9 Å². The van der Waals surface area contributed by atoms with Gasteiger partial charge in [-0.05, 0) is 47.9 Å². The Morgan fingerprint density at radius 2 is 1.75 bits per heavy atom. The molecule has 1 amide bonds. The number of rotatable bonds is 8. The minimum atomic E-state index is -0.326. The van der Waals surface area contributed by atoms with Gasteiger partial charge in [0.05, 0.1) is 5.75 Å². The molecular formula is C24H22FN5OS. The number of nitrogens with zero attached hydrogens (tertiary/aromatic N) is 4. The van der Waals surface area contributed by atoms with Gasteiger partial charge in [-0.15, -0.1) is 10.2 Å².